The van der Waals surface area contributed by atoms with Crippen LogP contribution >= 0.6 is 0 Å². The molecule has 0 aromatic carbocycles. The van der Waals surface area contributed by atoms with Gasteiger partial charge in [-0.3, -0.25) is 14.4 Å². The van der Waals surface area contributed by atoms with Crippen molar-refractivity contribution < 1.29 is 28.7 Å². The molecule has 0 heterocycles. The highest BCUT2D eigenvalue weighted by molar-refractivity contribution is 5.85. The average molecular weight is 501 g/mol. The van der Waals surface area contributed by atoms with Gasteiger partial charge in [0.05, 0.1) is 7.11 Å². The molecule has 1 atom stereocenters. The molecule has 0 aliphatic heterocycles. The highest BCUT2D eigenvalue weighted by Gasteiger charge is 2.23. The number of amides is 3. The largest absolute Gasteiger partial charge is 0.469 e. The van der Waals surface area contributed by atoms with Crippen LogP contribution < -0.4 is 21.3 Å². The highest BCUT2D eigenvalue weighted by Crippen LogP contribution is 2.09. The molecule has 35 heavy (non-hydrogen) atoms. The predicted molar refractivity (Wildman–Crippen MR) is 136 cm³/mol. The fourth-order valence-corrected chi connectivity index (χ4v) is 3.28. The number of alkyl carbamates (subject to hydrolysis) is 1. The van der Waals surface area contributed by atoms with Gasteiger partial charge in [0.1, 0.15) is 11.6 Å². The van der Waals surface area contributed by atoms with E-state index < -0.39 is 17.7 Å². The molecule has 0 spiro atoms. The van der Waals surface area contributed by atoms with Gasteiger partial charge in [-0.1, -0.05) is 12.8 Å². The van der Waals surface area contributed by atoms with E-state index in [1.165, 1.54) is 7.11 Å². The van der Waals surface area contributed by atoms with Crippen molar-refractivity contribution in [3.63, 3.8) is 0 Å². The molecule has 0 radical (unpaired) electrons. The van der Waals surface area contributed by atoms with Crippen molar-refractivity contribution in [1.82, 2.24) is 21.3 Å². The zero-order valence-corrected chi connectivity index (χ0v) is 22.4. The quantitative estimate of drug-likeness (QED) is 0.158. The van der Waals surface area contributed by atoms with E-state index >= 15 is 0 Å². The van der Waals surface area contributed by atoms with E-state index in [2.05, 4.69) is 26.0 Å². The summed E-state index contributed by atoms with van der Waals surface area (Å²) in [6.45, 7) is 7.29. The maximum absolute atomic E-state index is 12.6. The smallest absolute Gasteiger partial charge is 0.408 e. The maximum Gasteiger partial charge on any atom is 0.408 e. The third-order valence-corrected chi connectivity index (χ3v) is 5.16. The minimum atomic E-state index is -0.639. The standard InChI is InChI=1S/C25H48N4O6/c1-25(2,3)35-24(33)29-20(14-10-13-17-26-4)23(32)28-19-12-6-8-15-21(30)27-18-11-7-9-16-22(31)34-5/h20,26H,6-19H2,1-5H3,(H,27,30)(H,28,32)(H,29,33). The topological polar surface area (TPSA) is 135 Å². The number of esters is 1. The van der Waals surface area contributed by atoms with Gasteiger partial charge in [0.25, 0.3) is 0 Å². The van der Waals surface area contributed by atoms with Crippen LogP contribution in [0.5, 0.6) is 0 Å². The lowest BCUT2D eigenvalue weighted by atomic mass is 10.1. The molecule has 0 aromatic rings. The fraction of sp³-hybridized carbons (Fsp3) is 0.840. The highest BCUT2D eigenvalue weighted by atomic mass is 16.6. The van der Waals surface area contributed by atoms with Crippen LogP contribution in [0.3, 0.4) is 0 Å². The zero-order chi connectivity index (χ0) is 26.5. The fourth-order valence-electron chi connectivity index (χ4n) is 3.28. The molecular formula is C25H48N4O6. The Kier molecular flexibility index (Phi) is 18.6. The molecule has 0 aromatic heterocycles. The number of methoxy groups -OCH3 is 1. The molecule has 0 rings (SSSR count). The summed E-state index contributed by atoms with van der Waals surface area (Å²) in [6.07, 6.45) is 7.30. The van der Waals surface area contributed by atoms with Crippen molar-refractivity contribution in [3.8, 4) is 0 Å². The average Bonchev–Trinajstić information content (AvgIpc) is 2.78. The van der Waals surface area contributed by atoms with E-state index in [1.54, 1.807) is 20.8 Å². The second-order valence-corrected chi connectivity index (χ2v) is 9.64. The minimum absolute atomic E-state index is 0.0187. The Hall–Kier alpha value is -2.36. The summed E-state index contributed by atoms with van der Waals surface area (Å²) in [7, 11) is 3.26. The van der Waals surface area contributed by atoms with Crippen molar-refractivity contribution in [2.75, 3.05) is 33.8 Å². The van der Waals surface area contributed by atoms with Gasteiger partial charge in [-0.05, 0) is 79.3 Å². The van der Waals surface area contributed by atoms with Crippen molar-refractivity contribution in [3.05, 3.63) is 0 Å². The molecule has 204 valence electrons. The molecule has 0 fully saturated rings. The first kappa shape index (κ1) is 32.6. The summed E-state index contributed by atoms with van der Waals surface area (Å²) in [5, 5.41) is 11.5. The van der Waals surface area contributed by atoms with Crippen molar-refractivity contribution >= 4 is 23.9 Å². The first-order valence-electron chi connectivity index (χ1n) is 12.8. The van der Waals surface area contributed by atoms with Crippen LogP contribution in [0.15, 0.2) is 0 Å². The van der Waals surface area contributed by atoms with Gasteiger partial charge in [0.15, 0.2) is 0 Å². The third-order valence-electron chi connectivity index (χ3n) is 5.16. The zero-order valence-electron chi connectivity index (χ0n) is 22.4. The van der Waals surface area contributed by atoms with Gasteiger partial charge in [0, 0.05) is 25.9 Å². The summed E-state index contributed by atoms with van der Waals surface area (Å²) in [6, 6.07) is -0.639. The van der Waals surface area contributed by atoms with Gasteiger partial charge in [-0.2, -0.15) is 0 Å². The Bertz CT molecular complexity index is 622. The summed E-state index contributed by atoms with van der Waals surface area (Å²) in [5.74, 6) is -0.403. The molecule has 10 nitrogen and oxygen atoms in total. The Morgan fingerprint density at radius 3 is 1.97 bits per heavy atom. The number of rotatable bonds is 19. The summed E-state index contributed by atoms with van der Waals surface area (Å²) < 4.78 is 9.88. The maximum atomic E-state index is 12.6. The van der Waals surface area contributed by atoms with Crippen LogP contribution in [0.2, 0.25) is 0 Å². The van der Waals surface area contributed by atoms with Gasteiger partial charge in [0.2, 0.25) is 11.8 Å². The molecule has 0 saturated heterocycles. The monoisotopic (exact) mass is 500 g/mol. The van der Waals surface area contributed by atoms with Crippen LogP contribution in [0.4, 0.5) is 4.79 Å². The minimum Gasteiger partial charge on any atom is -0.469 e. The molecule has 4 N–H and O–H groups in total. The van der Waals surface area contributed by atoms with Crippen molar-refractivity contribution in [1.29, 1.82) is 0 Å². The van der Waals surface area contributed by atoms with Crippen molar-refractivity contribution in [2.45, 2.75) is 103 Å². The Labute approximate surface area is 211 Å². The number of hydrogen-bond acceptors (Lipinski definition) is 7. The SMILES string of the molecule is CNCCCCC(NC(=O)OC(C)(C)C)C(=O)NCCCCCC(=O)NCCCCCC(=O)OC. The molecule has 0 aliphatic carbocycles. The number of unbranched alkanes of at least 4 members (excludes halogenated alkanes) is 5. The Balaban J connectivity index is 4.07. The van der Waals surface area contributed by atoms with Crippen LogP contribution in [-0.2, 0) is 23.9 Å². The number of carbonyl (C=O) groups is 4. The van der Waals surface area contributed by atoms with Crippen LogP contribution in [0, 0.1) is 0 Å². The van der Waals surface area contributed by atoms with E-state index in [1.807, 2.05) is 7.05 Å². The van der Waals surface area contributed by atoms with E-state index in [0.29, 0.717) is 32.4 Å². The lowest BCUT2D eigenvalue weighted by Gasteiger charge is -2.23. The number of nitrogens with one attached hydrogen (secondary N) is 4. The lowest BCUT2D eigenvalue weighted by molar-refractivity contribution is -0.140. The molecule has 3 amide bonds. The summed E-state index contributed by atoms with van der Waals surface area (Å²) in [5.41, 5.74) is -0.631. The molecular weight excluding hydrogens is 452 g/mol. The normalized spacial score (nSPS) is 11.9. The lowest BCUT2D eigenvalue weighted by Crippen LogP contribution is -2.48. The van der Waals surface area contributed by atoms with E-state index in [0.717, 1.165) is 57.9 Å². The van der Waals surface area contributed by atoms with E-state index in [9.17, 15) is 19.2 Å². The van der Waals surface area contributed by atoms with Gasteiger partial charge < -0.3 is 30.7 Å². The van der Waals surface area contributed by atoms with Crippen LogP contribution in [0.1, 0.15) is 91.4 Å². The third kappa shape index (κ3) is 20.7. The second-order valence-electron chi connectivity index (χ2n) is 9.64. The molecule has 1 unspecified atom stereocenters. The Morgan fingerprint density at radius 2 is 1.37 bits per heavy atom. The molecule has 0 saturated carbocycles. The summed E-state index contributed by atoms with van der Waals surface area (Å²) >= 11 is 0. The first-order valence-corrected chi connectivity index (χ1v) is 12.8. The van der Waals surface area contributed by atoms with Gasteiger partial charge in [-0.25, -0.2) is 4.79 Å². The van der Waals surface area contributed by atoms with E-state index in [4.69, 9.17) is 4.74 Å². The number of ether oxygens (including phenoxy) is 2. The predicted octanol–water partition coefficient (Wildman–Crippen LogP) is 2.80. The summed E-state index contributed by atoms with van der Waals surface area (Å²) in [4.78, 5) is 47.7. The van der Waals surface area contributed by atoms with E-state index in [-0.39, 0.29) is 17.8 Å². The number of carbonyl (C=O) groups excluding carboxylic acids is 4. The van der Waals surface area contributed by atoms with Crippen LogP contribution in [0.25, 0.3) is 0 Å². The Morgan fingerprint density at radius 1 is 0.771 bits per heavy atom. The second kappa shape index (κ2) is 19.9. The van der Waals surface area contributed by atoms with Crippen LogP contribution in [-0.4, -0.2) is 69.3 Å². The molecule has 10 heteroatoms. The first-order chi connectivity index (χ1) is 16.6. The molecule has 0 aliphatic rings. The number of hydrogen-bond donors (Lipinski definition) is 4. The van der Waals surface area contributed by atoms with Gasteiger partial charge in [-0.15, -0.1) is 0 Å². The van der Waals surface area contributed by atoms with Gasteiger partial charge >= 0.3 is 12.1 Å². The van der Waals surface area contributed by atoms with Crippen molar-refractivity contribution in [2.24, 2.45) is 0 Å². The molecule has 0 bridgehead atoms.